The predicted octanol–water partition coefficient (Wildman–Crippen LogP) is 2.88. The lowest BCUT2D eigenvalue weighted by atomic mass is 10.0. The Morgan fingerprint density at radius 3 is 2.71 bits per heavy atom. The van der Waals surface area contributed by atoms with E-state index in [2.05, 4.69) is 15.9 Å². The molecular weight excluding hydrogens is 288 g/mol. The Bertz CT molecular complexity index is 429. The van der Waals surface area contributed by atoms with E-state index < -0.39 is 5.97 Å². The fourth-order valence-electron chi connectivity index (χ4n) is 1.70. The largest absolute Gasteiger partial charge is 0.504 e. The highest BCUT2D eigenvalue weighted by Gasteiger charge is 2.14. The SMILES string of the molecule is COc1c(O)cc(C)c(CCCC(=O)O)c1Br. The van der Waals surface area contributed by atoms with Crippen LogP contribution in [0.25, 0.3) is 0 Å². The van der Waals surface area contributed by atoms with Gasteiger partial charge in [0.1, 0.15) is 0 Å². The zero-order chi connectivity index (χ0) is 13.0. The molecule has 0 atom stereocenters. The van der Waals surface area contributed by atoms with Crippen molar-refractivity contribution in [2.75, 3.05) is 7.11 Å². The number of aryl methyl sites for hydroxylation is 1. The zero-order valence-electron chi connectivity index (χ0n) is 9.79. The Morgan fingerprint density at radius 2 is 2.18 bits per heavy atom. The first kappa shape index (κ1) is 13.8. The van der Waals surface area contributed by atoms with Crippen LogP contribution in [0.2, 0.25) is 0 Å². The van der Waals surface area contributed by atoms with Gasteiger partial charge in [0.15, 0.2) is 11.5 Å². The van der Waals surface area contributed by atoms with Gasteiger partial charge in [-0.1, -0.05) is 0 Å². The number of halogens is 1. The standard InChI is InChI=1S/C12H15BrO4/c1-7-6-9(14)12(17-2)11(13)8(7)4-3-5-10(15)16/h6,14H,3-5H2,1-2H3,(H,15,16). The van der Waals surface area contributed by atoms with Gasteiger partial charge in [-0.15, -0.1) is 0 Å². The van der Waals surface area contributed by atoms with Crippen molar-refractivity contribution in [3.8, 4) is 11.5 Å². The maximum atomic E-state index is 10.5. The fraction of sp³-hybridized carbons (Fsp3) is 0.417. The topological polar surface area (TPSA) is 66.8 Å². The maximum Gasteiger partial charge on any atom is 0.303 e. The van der Waals surface area contributed by atoms with Gasteiger partial charge >= 0.3 is 5.97 Å². The van der Waals surface area contributed by atoms with E-state index in [0.717, 1.165) is 11.1 Å². The summed E-state index contributed by atoms with van der Waals surface area (Å²) in [4.78, 5) is 10.5. The van der Waals surface area contributed by atoms with Crippen molar-refractivity contribution in [3.63, 3.8) is 0 Å². The van der Waals surface area contributed by atoms with Crippen LogP contribution in [0.15, 0.2) is 10.5 Å². The molecule has 0 aliphatic carbocycles. The van der Waals surface area contributed by atoms with E-state index in [1.807, 2.05) is 6.92 Å². The molecule has 0 saturated carbocycles. The van der Waals surface area contributed by atoms with Crippen molar-refractivity contribution in [3.05, 3.63) is 21.7 Å². The molecule has 0 radical (unpaired) electrons. The van der Waals surface area contributed by atoms with Gasteiger partial charge in [0.2, 0.25) is 0 Å². The zero-order valence-corrected chi connectivity index (χ0v) is 11.4. The first-order chi connectivity index (χ1) is 7.97. The molecule has 0 aliphatic heterocycles. The maximum absolute atomic E-state index is 10.5. The van der Waals surface area contributed by atoms with E-state index in [-0.39, 0.29) is 12.2 Å². The van der Waals surface area contributed by atoms with Crippen LogP contribution in [-0.4, -0.2) is 23.3 Å². The molecule has 0 amide bonds. The van der Waals surface area contributed by atoms with Crippen molar-refractivity contribution >= 4 is 21.9 Å². The molecular formula is C12H15BrO4. The molecule has 1 rings (SSSR count). The third-order valence-corrected chi connectivity index (χ3v) is 3.39. The summed E-state index contributed by atoms with van der Waals surface area (Å²) < 4.78 is 5.78. The number of hydrogen-bond donors (Lipinski definition) is 2. The minimum Gasteiger partial charge on any atom is -0.504 e. The number of ether oxygens (including phenoxy) is 1. The number of rotatable bonds is 5. The van der Waals surface area contributed by atoms with Crippen molar-refractivity contribution < 1.29 is 19.7 Å². The lowest BCUT2D eigenvalue weighted by Gasteiger charge is -2.13. The number of hydrogen-bond acceptors (Lipinski definition) is 3. The van der Waals surface area contributed by atoms with E-state index in [9.17, 15) is 9.90 Å². The molecule has 2 N–H and O–H groups in total. The summed E-state index contributed by atoms with van der Waals surface area (Å²) in [6, 6.07) is 1.62. The average Bonchev–Trinajstić information content (AvgIpc) is 2.22. The minimum absolute atomic E-state index is 0.0823. The van der Waals surface area contributed by atoms with Gasteiger partial charge in [-0.05, 0) is 52.9 Å². The summed E-state index contributed by atoms with van der Waals surface area (Å²) in [7, 11) is 1.48. The molecule has 0 fully saturated rings. The number of phenolic OH excluding ortho intramolecular Hbond substituents is 1. The van der Waals surface area contributed by atoms with E-state index in [4.69, 9.17) is 9.84 Å². The number of benzene rings is 1. The number of carboxylic acid groups (broad SMARTS) is 1. The van der Waals surface area contributed by atoms with Crippen molar-refractivity contribution in [2.24, 2.45) is 0 Å². The van der Waals surface area contributed by atoms with E-state index >= 15 is 0 Å². The molecule has 94 valence electrons. The van der Waals surface area contributed by atoms with Crippen LogP contribution in [0.4, 0.5) is 0 Å². The fourth-order valence-corrected chi connectivity index (χ4v) is 2.57. The predicted molar refractivity (Wildman–Crippen MR) is 67.7 cm³/mol. The van der Waals surface area contributed by atoms with Gasteiger partial charge < -0.3 is 14.9 Å². The molecule has 0 aromatic heterocycles. The van der Waals surface area contributed by atoms with Crippen LogP contribution < -0.4 is 4.74 Å². The van der Waals surface area contributed by atoms with Crippen LogP contribution in [0.5, 0.6) is 11.5 Å². The van der Waals surface area contributed by atoms with Gasteiger partial charge in [0, 0.05) is 6.42 Å². The summed E-state index contributed by atoms with van der Waals surface area (Å²) in [5.41, 5.74) is 1.89. The van der Waals surface area contributed by atoms with Crippen LogP contribution in [0, 0.1) is 6.92 Å². The van der Waals surface area contributed by atoms with Crippen molar-refractivity contribution in [2.45, 2.75) is 26.2 Å². The Morgan fingerprint density at radius 1 is 1.53 bits per heavy atom. The van der Waals surface area contributed by atoms with Crippen molar-refractivity contribution in [1.82, 2.24) is 0 Å². The molecule has 0 saturated heterocycles. The van der Waals surface area contributed by atoms with E-state index in [1.165, 1.54) is 7.11 Å². The molecule has 17 heavy (non-hydrogen) atoms. The number of methoxy groups -OCH3 is 1. The second-order valence-corrected chi connectivity index (χ2v) is 4.58. The van der Waals surface area contributed by atoms with Crippen LogP contribution in [0.3, 0.4) is 0 Å². The first-order valence-electron chi connectivity index (χ1n) is 5.24. The second-order valence-electron chi connectivity index (χ2n) is 3.79. The number of aliphatic carboxylic acids is 1. The normalized spacial score (nSPS) is 10.3. The molecule has 0 bridgehead atoms. The number of carbonyl (C=O) groups is 1. The lowest BCUT2D eigenvalue weighted by Crippen LogP contribution is -1.99. The highest BCUT2D eigenvalue weighted by molar-refractivity contribution is 9.10. The molecule has 5 heteroatoms. The van der Waals surface area contributed by atoms with E-state index in [0.29, 0.717) is 23.1 Å². The summed E-state index contributed by atoms with van der Waals surface area (Å²) in [6.45, 7) is 1.88. The molecule has 4 nitrogen and oxygen atoms in total. The molecule has 0 spiro atoms. The Labute approximate surface area is 108 Å². The van der Waals surface area contributed by atoms with Crippen LogP contribution in [0.1, 0.15) is 24.0 Å². The summed E-state index contributed by atoms with van der Waals surface area (Å²) in [6.07, 6.45) is 1.33. The number of phenols is 1. The second kappa shape index (κ2) is 5.91. The summed E-state index contributed by atoms with van der Waals surface area (Å²) in [5.74, 6) is -0.329. The van der Waals surface area contributed by atoms with Crippen LogP contribution in [-0.2, 0) is 11.2 Å². The quantitative estimate of drug-likeness (QED) is 0.877. The molecule has 1 aromatic carbocycles. The summed E-state index contributed by atoms with van der Waals surface area (Å²) >= 11 is 3.38. The minimum atomic E-state index is -0.801. The number of aromatic hydroxyl groups is 1. The first-order valence-corrected chi connectivity index (χ1v) is 6.03. The van der Waals surface area contributed by atoms with Gasteiger partial charge in [-0.2, -0.15) is 0 Å². The third-order valence-electron chi connectivity index (χ3n) is 2.55. The van der Waals surface area contributed by atoms with Gasteiger partial charge in [0.05, 0.1) is 11.6 Å². The Balaban J connectivity index is 2.94. The van der Waals surface area contributed by atoms with E-state index in [1.54, 1.807) is 6.07 Å². The Hall–Kier alpha value is -1.23. The van der Waals surface area contributed by atoms with Gasteiger partial charge in [0.25, 0.3) is 0 Å². The van der Waals surface area contributed by atoms with Gasteiger partial charge in [-0.25, -0.2) is 0 Å². The monoisotopic (exact) mass is 302 g/mol. The molecule has 0 unspecified atom stereocenters. The highest BCUT2D eigenvalue weighted by atomic mass is 79.9. The molecule has 1 aromatic rings. The number of carboxylic acids is 1. The summed E-state index contributed by atoms with van der Waals surface area (Å²) in [5, 5.41) is 18.3. The lowest BCUT2D eigenvalue weighted by molar-refractivity contribution is -0.137. The smallest absolute Gasteiger partial charge is 0.303 e. The van der Waals surface area contributed by atoms with Gasteiger partial charge in [-0.3, -0.25) is 4.79 Å². The average molecular weight is 303 g/mol. The highest BCUT2D eigenvalue weighted by Crippen LogP contribution is 2.39. The molecule has 0 heterocycles. The molecule has 0 aliphatic rings. The van der Waals surface area contributed by atoms with Crippen LogP contribution >= 0.6 is 15.9 Å². The third kappa shape index (κ3) is 3.36. The Kier molecular flexibility index (Phi) is 4.81. The van der Waals surface area contributed by atoms with Crippen molar-refractivity contribution in [1.29, 1.82) is 0 Å².